The lowest BCUT2D eigenvalue weighted by atomic mass is 10.1. The molecule has 0 radical (unpaired) electrons. The fraction of sp³-hybridized carbons (Fsp3) is 0.429. The molecule has 0 spiro atoms. The summed E-state index contributed by atoms with van der Waals surface area (Å²) in [6, 6.07) is 7.62. The molecule has 2 aromatic rings. The predicted octanol–water partition coefficient (Wildman–Crippen LogP) is 2.13. The van der Waals surface area contributed by atoms with Crippen LogP contribution in [0.3, 0.4) is 0 Å². The van der Waals surface area contributed by atoms with Crippen molar-refractivity contribution < 1.29 is 14.3 Å². The van der Waals surface area contributed by atoms with Gasteiger partial charge in [0.1, 0.15) is 5.75 Å². The van der Waals surface area contributed by atoms with Crippen molar-refractivity contribution in [1.29, 1.82) is 0 Å². The van der Waals surface area contributed by atoms with Crippen LogP contribution in [0.15, 0.2) is 28.7 Å². The Labute approximate surface area is 112 Å². The highest BCUT2D eigenvalue weighted by atomic mass is 16.5. The third-order valence-corrected chi connectivity index (χ3v) is 2.63. The Balaban J connectivity index is 1.89. The molecule has 0 saturated carbocycles. The highest BCUT2D eigenvalue weighted by molar-refractivity contribution is 5.27. The van der Waals surface area contributed by atoms with E-state index in [0.29, 0.717) is 18.2 Å². The van der Waals surface area contributed by atoms with Gasteiger partial charge in [-0.3, -0.25) is 0 Å². The maximum atomic E-state index is 9.29. The predicted molar refractivity (Wildman–Crippen MR) is 69.8 cm³/mol. The number of rotatable bonds is 6. The van der Waals surface area contributed by atoms with E-state index in [9.17, 15) is 5.11 Å². The zero-order valence-corrected chi connectivity index (χ0v) is 11.2. The third kappa shape index (κ3) is 4.06. The number of aryl methyl sites for hydroxylation is 1. The minimum Gasteiger partial charge on any atom is -0.484 e. The molecule has 0 saturated heterocycles. The largest absolute Gasteiger partial charge is 0.484 e. The number of nitrogens with zero attached hydrogens (tertiary/aromatic N) is 2. The maximum absolute atomic E-state index is 9.29. The van der Waals surface area contributed by atoms with Crippen molar-refractivity contribution >= 4 is 0 Å². The average molecular weight is 262 g/mol. The SMILES string of the molecule is CCc1nnc(COc2ccc(CC(C)O)cc2)o1. The fourth-order valence-electron chi connectivity index (χ4n) is 1.70. The van der Waals surface area contributed by atoms with Crippen molar-refractivity contribution in [3.8, 4) is 5.75 Å². The number of hydrogen-bond donors (Lipinski definition) is 1. The second kappa shape index (κ2) is 6.33. The Bertz CT molecular complexity index is 506. The van der Waals surface area contributed by atoms with Gasteiger partial charge in [0.15, 0.2) is 6.61 Å². The molecule has 1 unspecified atom stereocenters. The molecule has 0 bridgehead atoms. The monoisotopic (exact) mass is 262 g/mol. The summed E-state index contributed by atoms with van der Waals surface area (Å²) < 4.78 is 10.9. The molecule has 0 aliphatic rings. The smallest absolute Gasteiger partial charge is 0.253 e. The summed E-state index contributed by atoms with van der Waals surface area (Å²) in [5.41, 5.74) is 1.08. The molecule has 1 heterocycles. The van der Waals surface area contributed by atoms with Crippen molar-refractivity contribution in [3.63, 3.8) is 0 Å². The molecule has 5 nitrogen and oxygen atoms in total. The normalized spacial score (nSPS) is 12.4. The minimum atomic E-state index is -0.336. The topological polar surface area (TPSA) is 68.4 Å². The molecular weight excluding hydrogens is 244 g/mol. The summed E-state index contributed by atoms with van der Waals surface area (Å²) in [4.78, 5) is 0. The quantitative estimate of drug-likeness (QED) is 0.863. The molecule has 1 atom stereocenters. The Morgan fingerprint density at radius 1 is 1.21 bits per heavy atom. The second-order valence-corrected chi connectivity index (χ2v) is 4.43. The van der Waals surface area contributed by atoms with E-state index in [1.165, 1.54) is 0 Å². The fourth-order valence-corrected chi connectivity index (χ4v) is 1.70. The van der Waals surface area contributed by atoms with Gasteiger partial charge in [-0.05, 0) is 31.0 Å². The zero-order valence-electron chi connectivity index (χ0n) is 11.2. The van der Waals surface area contributed by atoms with Crippen molar-refractivity contribution in [2.24, 2.45) is 0 Å². The van der Waals surface area contributed by atoms with Gasteiger partial charge in [-0.1, -0.05) is 19.1 Å². The van der Waals surface area contributed by atoms with Crippen LogP contribution in [-0.2, 0) is 19.4 Å². The van der Waals surface area contributed by atoms with Crippen molar-refractivity contribution in [2.75, 3.05) is 0 Å². The number of benzene rings is 1. The highest BCUT2D eigenvalue weighted by Gasteiger charge is 2.05. The molecule has 19 heavy (non-hydrogen) atoms. The molecule has 1 aromatic carbocycles. The summed E-state index contributed by atoms with van der Waals surface area (Å²) in [7, 11) is 0. The molecule has 2 rings (SSSR count). The molecule has 0 aliphatic heterocycles. The van der Waals surface area contributed by atoms with Crippen LogP contribution < -0.4 is 4.74 Å². The van der Waals surface area contributed by atoms with Crippen molar-refractivity contribution in [3.05, 3.63) is 41.6 Å². The van der Waals surface area contributed by atoms with Gasteiger partial charge in [-0.15, -0.1) is 10.2 Å². The molecule has 1 aromatic heterocycles. The number of aliphatic hydroxyl groups is 1. The van der Waals surface area contributed by atoms with E-state index in [-0.39, 0.29) is 12.7 Å². The summed E-state index contributed by atoms with van der Waals surface area (Å²) >= 11 is 0. The summed E-state index contributed by atoms with van der Waals surface area (Å²) in [6.45, 7) is 3.99. The first-order valence-corrected chi connectivity index (χ1v) is 6.38. The summed E-state index contributed by atoms with van der Waals surface area (Å²) in [6.07, 6.45) is 1.03. The first-order chi connectivity index (χ1) is 9.17. The lowest BCUT2D eigenvalue weighted by Crippen LogP contribution is -2.04. The van der Waals surface area contributed by atoms with Gasteiger partial charge in [-0.2, -0.15) is 0 Å². The van der Waals surface area contributed by atoms with Crippen LogP contribution in [0, 0.1) is 0 Å². The van der Waals surface area contributed by atoms with Crippen LogP contribution in [0.2, 0.25) is 0 Å². The van der Waals surface area contributed by atoms with E-state index in [2.05, 4.69) is 10.2 Å². The maximum Gasteiger partial charge on any atom is 0.253 e. The van der Waals surface area contributed by atoms with E-state index in [4.69, 9.17) is 9.15 Å². The van der Waals surface area contributed by atoms with Gasteiger partial charge in [-0.25, -0.2) is 0 Å². The van der Waals surface area contributed by atoms with Crippen LogP contribution in [0.1, 0.15) is 31.2 Å². The van der Waals surface area contributed by atoms with Crippen LogP contribution in [0.5, 0.6) is 5.75 Å². The minimum absolute atomic E-state index is 0.267. The molecule has 5 heteroatoms. The van der Waals surface area contributed by atoms with Crippen LogP contribution in [0.25, 0.3) is 0 Å². The molecule has 0 aliphatic carbocycles. The van der Waals surface area contributed by atoms with E-state index in [1.54, 1.807) is 6.92 Å². The van der Waals surface area contributed by atoms with Gasteiger partial charge in [0.05, 0.1) is 6.10 Å². The second-order valence-electron chi connectivity index (χ2n) is 4.43. The first kappa shape index (κ1) is 13.5. The van der Waals surface area contributed by atoms with Crippen LogP contribution in [0.4, 0.5) is 0 Å². The van der Waals surface area contributed by atoms with Crippen molar-refractivity contribution in [1.82, 2.24) is 10.2 Å². The molecule has 0 fully saturated rings. The lowest BCUT2D eigenvalue weighted by Gasteiger charge is -2.06. The molecule has 0 amide bonds. The van der Waals surface area contributed by atoms with Gasteiger partial charge in [0.2, 0.25) is 5.89 Å². The Morgan fingerprint density at radius 3 is 2.47 bits per heavy atom. The van der Waals surface area contributed by atoms with Gasteiger partial charge in [0.25, 0.3) is 5.89 Å². The van der Waals surface area contributed by atoms with Crippen LogP contribution >= 0.6 is 0 Å². The van der Waals surface area contributed by atoms with Crippen LogP contribution in [-0.4, -0.2) is 21.4 Å². The van der Waals surface area contributed by atoms with E-state index in [0.717, 1.165) is 17.7 Å². The number of aliphatic hydroxyl groups excluding tert-OH is 1. The van der Waals surface area contributed by atoms with Gasteiger partial charge in [0, 0.05) is 6.42 Å². The van der Waals surface area contributed by atoms with E-state index in [1.807, 2.05) is 31.2 Å². The number of ether oxygens (including phenoxy) is 1. The van der Waals surface area contributed by atoms with Gasteiger partial charge < -0.3 is 14.3 Å². The molecule has 102 valence electrons. The highest BCUT2D eigenvalue weighted by Crippen LogP contribution is 2.15. The average Bonchev–Trinajstić information content (AvgIpc) is 2.85. The Hall–Kier alpha value is -1.88. The van der Waals surface area contributed by atoms with E-state index >= 15 is 0 Å². The first-order valence-electron chi connectivity index (χ1n) is 6.38. The molecule has 1 N–H and O–H groups in total. The van der Waals surface area contributed by atoms with Gasteiger partial charge >= 0.3 is 0 Å². The Morgan fingerprint density at radius 2 is 1.89 bits per heavy atom. The standard InChI is InChI=1S/C14H18N2O3/c1-3-13-15-16-14(19-13)9-18-12-6-4-11(5-7-12)8-10(2)17/h4-7,10,17H,3,8-9H2,1-2H3. The van der Waals surface area contributed by atoms with E-state index < -0.39 is 0 Å². The lowest BCUT2D eigenvalue weighted by molar-refractivity contribution is 0.195. The summed E-state index contributed by atoms with van der Waals surface area (Å²) in [5.74, 6) is 1.83. The molecular formula is C14H18N2O3. The Kier molecular flexibility index (Phi) is 4.52. The number of hydrogen-bond acceptors (Lipinski definition) is 5. The van der Waals surface area contributed by atoms with Crippen molar-refractivity contribution in [2.45, 2.75) is 39.4 Å². The number of aromatic nitrogens is 2. The zero-order chi connectivity index (χ0) is 13.7. The third-order valence-electron chi connectivity index (χ3n) is 2.63. The summed E-state index contributed by atoms with van der Waals surface area (Å²) in [5, 5.41) is 17.0.